The van der Waals surface area contributed by atoms with Crippen LogP contribution in [0.2, 0.25) is 0 Å². The Labute approximate surface area is 149 Å². The number of piperidine rings is 1. The van der Waals surface area contributed by atoms with E-state index in [0.29, 0.717) is 17.5 Å². The van der Waals surface area contributed by atoms with Crippen molar-refractivity contribution in [1.29, 1.82) is 5.26 Å². The number of hydrogen-bond acceptors (Lipinski definition) is 4. The summed E-state index contributed by atoms with van der Waals surface area (Å²) in [6, 6.07) is 6.25. The molecule has 1 aromatic rings. The van der Waals surface area contributed by atoms with Gasteiger partial charge in [0.05, 0.1) is 17.0 Å². The molecule has 3 aliphatic rings. The van der Waals surface area contributed by atoms with Crippen molar-refractivity contribution in [2.24, 2.45) is 5.41 Å². The summed E-state index contributed by atoms with van der Waals surface area (Å²) in [4.78, 5) is 22.0. The SMILES string of the molecule is N#Cc1ccnc(N2CCC3(CC2)CCN(C2CCCCC2)C3=O)c1. The summed E-state index contributed by atoms with van der Waals surface area (Å²) in [5.74, 6) is 1.28. The van der Waals surface area contributed by atoms with Crippen molar-refractivity contribution < 1.29 is 4.79 Å². The summed E-state index contributed by atoms with van der Waals surface area (Å²) in [6.45, 7) is 2.66. The fourth-order valence-electron chi connectivity index (χ4n) is 4.88. The Hall–Kier alpha value is -2.09. The number of aromatic nitrogens is 1. The first-order valence-corrected chi connectivity index (χ1v) is 9.64. The van der Waals surface area contributed by atoms with E-state index < -0.39 is 0 Å². The first-order chi connectivity index (χ1) is 12.2. The molecule has 0 unspecified atom stereocenters. The second kappa shape index (κ2) is 6.67. The van der Waals surface area contributed by atoms with Gasteiger partial charge in [0, 0.05) is 31.9 Å². The van der Waals surface area contributed by atoms with Gasteiger partial charge in [-0.15, -0.1) is 0 Å². The second-order valence-electron chi connectivity index (χ2n) is 7.82. The Balaban J connectivity index is 1.42. The van der Waals surface area contributed by atoms with Crippen LogP contribution in [0, 0.1) is 16.7 Å². The van der Waals surface area contributed by atoms with Crippen molar-refractivity contribution in [3.05, 3.63) is 23.9 Å². The molecule has 1 aromatic heterocycles. The summed E-state index contributed by atoms with van der Waals surface area (Å²) in [6.07, 6.45) is 10.8. The summed E-state index contributed by atoms with van der Waals surface area (Å²) >= 11 is 0. The molecule has 0 N–H and O–H groups in total. The van der Waals surface area contributed by atoms with Crippen LogP contribution in [0.25, 0.3) is 0 Å². The molecule has 2 saturated heterocycles. The van der Waals surface area contributed by atoms with Crippen molar-refractivity contribution in [2.45, 2.75) is 57.4 Å². The van der Waals surface area contributed by atoms with Crippen molar-refractivity contribution in [3.8, 4) is 6.07 Å². The van der Waals surface area contributed by atoms with E-state index in [0.717, 1.165) is 44.7 Å². The molecule has 1 amide bonds. The Kier molecular flexibility index (Phi) is 4.37. The zero-order chi connectivity index (χ0) is 17.3. The molecule has 132 valence electrons. The largest absolute Gasteiger partial charge is 0.357 e. The molecule has 4 rings (SSSR count). The summed E-state index contributed by atoms with van der Waals surface area (Å²) < 4.78 is 0. The number of hydrogen-bond donors (Lipinski definition) is 0. The lowest BCUT2D eigenvalue weighted by Gasteiger charge is -2.39. The molecule has 0 atom stereocenters. The number of nitrogens with zero attached hydrogens (tertiary/aromatic N) is 4. The van der Waals surface area contributed by atoms with E-state index in [2.05, 4.69) is 20.9 Å². The van der Waals surface area contributed by atoms with Gasteiger partial charge in [-0.1, -0.05) is 19.3 Å². The van der Waals surface area contributed by atoms with Gasteiger partial charge in [-0.05, 0) is 44.2 Å². The van der Waals surface area contributed by atoms with Crippen LogP contribution in [0.15, 0.2) is 18.3 Å². The molecule has 1 aliphatic carbocycles. The molecular weight excluding hydrogens is 312 g/mol. The molecule has 2 aliphatic heterocycles. The fraction of sp³-hybridized carbons (Fsp3) is 0.650. The lowest BCUT2D eigenvalue weighted by Crippen LogP contribution is -2.47. The lowest BCUT2D eigenvalue weighted by atomic mass is 9.77. The number of anilines is 1. The highest BCUT2D eigenvalue weighted by molar-refractivity contribution is 5.85. The van der Waals surface area contributed by atoms with E-state index in [1.165, 1.54) is 32.1 Å². The normalized spacial score (nSPS) is 23.9. The first-order valence-electron chi connectivity index (χ1n) is 9.64. The van der Waals surface area contributed by atoms with Crippen LogP contribution in [0.1, 0.15) is 56.9 Å². The van der Waals surface area contributed by atoms with Gasteiger partial charge in [0.15, 0.2) is 0 Å². The number of rotatable bonds is 2. The van der Waals surface area contributed by atoms with Gasteiger partial charge in [-0.2, -0.15) is 5.26 Å². The third-order valence-corrected chi connectivity index (χ3v) is 6.48. The standard InChI is InChI=1S/C20H26N4O/c21-15-16-6-10-22-18(14-16)23-11-7-20(8-12-23)9-13-24(19(20)25)17-4-2-1-3-5-17/h6,10,14,17H,1-5,7-9,11-13H2. The number of pyridine rings is 1. The smallest absolute Gasteiger partial charge is 0.229 e. The van der Waals surface area contributed by atoms with Gasteiger partial charge in [0.25, 0.3) is 0 Å². The molecule has 0 bridgehead atoms. The molecule has 1 spiro atoms. The molecule has 3 heterocycles. The van der Waals surface area contributed by atoms with Crippen LogP contribution in [0.4, 0.5) is 5.82 Å². The number of amides is 1. The van der Waals surface area contributed by atoms with Crippen molar-refractivity contribution in [1.82, 2.24) is 9.88 Å². The van der Waals surface area contributed by atoms with Crippen LogP contribution in [-0.4, -0.2) is 41.5 Å². The molecule has 5 heteroatoms. The van der Waals surface area contributed by atoms with Crippen LogP contribution in [0.5, 0.6) is 0 Å². The number of likely N-dealkylation sites (tertiary alicyclic amines) is 1. The highest BCUT2D eigenvalue weighted by Gasteiger charge is 2.49. The van der Waals surface area contributed by atoms with E-state index in [9.17, 15) is 4.79 Å². The molecule has 25 heavy (non-hydrogen) atoms. The van der Waals surface area contributed by atoms with Gasteiger partial charge in [-0.25, -0.2) is 4.98 Å². The minimum atomic E-state index is -0.138. The van der Waals surface area contributed by atoms with E-state index in [1.54, 1.807) is 12.3 Å². The van der Waals surface area contributed by atoms with Crippen molar-refractivity contribution in [3.63, 3.8) is 0 Å². The minimum Gasteiger partial charge on any atom is -0.357 e. The van der Waals surface area contributed by atoms with Crippen LogP contribution >= 0.6 is 0 Å². The third kappa shape index (κ3) is 2.99. The Morgan fingerprint density at radius 1 is 1.12 bits per heavy atom. The van der Waals surface area contributed by atoms with Gasteiger partial charge in [0.2, 0.25) is 5.91 Å². The van der Waals surface area contributed by atoms with E-state index >= 15 is 0 Å². The van der Waals surface area contributed by atoms with Crippen molar-refractivity contribution >= 4 is 11.7 Å². The van der Waals surface area contributed by atoms with Gasteiger partial charge >= 0.3 is 0 Å². The Morgan fingerprint density at radius 3 is 2.56 bits per heavy atom. The predicted molar refractivity (Wildman–Crippen MR) is 96.0 cm³/mol. The topological polar surface area (TPSA) is 60.2 Å². The van der Waals surface area contributed by atoms with Crippen molar-refractivity contribution in [2.75, 3.05) is 24.5 Å². The second-order valence-corrected chi connectivity index (χ2v) is 7.82. The van der Waals surface area contributed by atoms with E-state index in [-0.39, 0.29) is 5.41 Å². The number of carbonyl (C=O) groups is 1. The lowest BCUT2D eigenvalue weighted by molar-refractivity contribution is -0.139. The average Bonchev–Trinajstić information content (AvgIpc) is 2.99. The average molecular weight is 338 g/mol. The third-order valence-electron chi connectivity index (χ3n) is 6.48. The van der Waals surface area contributed by atoms with Crippen LogP contribution in [-0.2, 0) is 4.79 Å². The molecular formula is C20H26N4O. The van der Waals surface area contributed by atoms with Gasteiger partial charge < -0.3 is 9.80 Å². The summed E-state index contributed by atoms with van der Waals surface area (Å²) in [5, 5.41) is 9.07. The molecule has 1 saturated carbocycles. The maximum atomic E-state index is 13.2. The summed E-state index contributed by atoms with van der Waals surface area (Å²) in [7, 11) is 0. The maximum absolute atomic E-state index is 13.2. The van der Waals surface area contributed by atoms with E-state index in [1.807, 2.05) is 6.07 Å². The molecule has 3 fully saturated rings. The Morgan fingerprint density at radius 2 is 1.84 bits per heavy atom. The number of carbonyl (C=O) groups excluding carboxylic acids is 1. The quantitative estimate of drug-likeness (QED) is 0.831. The van der Waals surface area contributed by atoms with Gasteiger partial charge in [0.1, 0.15) is 5.82 Å². The summed E-state index contributed by atoms with van der Waals surface area (Å²) in [5.41, 5.74) is 0.506. The highest BCUT2D eigenvalue weighted by atomic mass is 16.2. The predicted octanol–water partition coefficient (Wildman–Crippen LogP) is 3.10. The molecule has 5 nitrogen and oxygen atoms in total. The minimum absolute atomic E-state index is 0.138. The zero-order valence-corrected chi connectivity index (χ0v) is 14.8. The fourth-order valence-corrected chi connectivity index (χ4v) is 4.88. The molecule has 0 aromatic carbocycles. The Bertz CT molecular complexity index is 681. The van der Waals surface area contributed by atoms with Crippen LogP contribution < -0.4 is 4.90 Å². The molecule has 0 radical (unpaired) electrons. The van der Waals surface area contributed by atoms with Crippen LogP contribution in [0.3, 0.4) is 0 Å². The van der Waals surface area contributed by atoms with Gasteiger partial charge in [-0.3, -0.25) is 4.79 Å². The van der Waals surface area contributed by atoms with E-state index in [4.69, 9.17) is 5.26 Å². The highest BCUT2D eigenvalue weighted by Crippen LogP contribution is 2.44. The zero-order valence-electron chi connectivity index (χ0n) is 14.8. The monoisotopic (exact) mass is 338 g/mol. The number of nitriles is 1. The maximum Gasteiger partial charge on any atom is 0.229 e. The first kappa shape index (κ1) is 16.4.